The topological polar surface area (TPSA) is 99.7 Å². The number of aromatic nitrogens is 2. The van der Waals surface area contributed by atoms with E-state index in [4.69, 9.17) is 9.72 Å². The summed E-state index contributed by atoms with van der Waals surface area (Å²) in [6, 6.07) is 12.5. The maximum Gasteiger partial charge on any atom is 0.267 e. The third-order valence-corrected chi connectivity index (χ3v) is 6.22. The van der Waals surface area contributed by atoms with Gasteiger partial charge >= 0.3 is 0 Å². The van der Waals surface area contributed by atoms with Gasteiger partial charge in [0, 0.05) is 25.0 Å². The second kappa shape index (κ2) is 10.4. The summed E-state index contributed by atoms with van der Waals surface area (Å²) >= 11 is 0. The Labute approximate surface area is 204 Å². The Hall–Kier alpha value is -4.12. The number of hydrogen-bond donors (Lipinski definition) is 1. The molecule has 3 heterocycles. The highest BCUT2D eigenvalue weighted by atomic mass is 16.5. The van der Waals surface area contributed by atoms with Gasteiger partial charge in [0.25, 0.3) is 11.5 Å². The Morgan fingerprint density at radius 1 is 1.26 bits per heavy atom. The Balaban J connectivity index is 1.74. The van der Waals surface area contributed by atoms with Gasteiger partial charge in [-0.2, -0.15) is 5.26 Å². The van der Waals surface area contributed by atoms with E-state index in [0.717, 1.165) is 31.5 Å². The molecule has 1 aliphatic rings. The quantitative estimate of drug-likeness (QED) is 0.428. The lowest BCUT2D eigenvalue weighted by Crippen LogP contribution is -2.36. The zero-order valence-corrected chi connectivity index (χ0v) is 20.2. The van der Waals surface area contributed by atoms with Crippen molar-refractivity contribution in [3.63, 3.8) is 0 Å². The number of rotatable bonds is 6. The summed E-state index contributed by atoms with van der Waals surface area (Å²) < 4.78 is 6.89. The van der Waals surface area contributed by atoms with Crippen molar-refractivity contribution in [2.24, 2.45) is 5.92 Å². The van der Waals surface area contributed by atoms with Gasteiger partial charge in [0.05, 0.1) is 12.2 Å². The summed E-state index contributed by atoms with van der Waals surface area (Å²) in [5, 5.41) is 12.5. The van der Waals surface area contributed by atoms with E-state index in [1.807, 2.05) is 26.0 Å². The van der Waals surface area contributed by atoms with Gasteiger partial charge in [-0.3, -0.25) is 14.0 Å². The van der Waals surface area contributed by atoms with Crippen LogP contribution >= 0.6 is 0 Å². The van der Waals surface area contributed by atoms with Gasteiger partial charge in [-0.15, -0.1) is 0 Å². The van der Waals surface area contributed by atoms with Crippen molar-refractivity contribution in [2.75, 3.05) is 29.9 Å². The van der Waals surface area contributed by atoms with Gasteiger partial charge in [0.1, 0.15) is 28.9 Å². The molecule has 0 spiro atoms. The molecule has 8 heteroatoms. The molecule has 0 radical (unpaired) electrons. The normalized spacial score (nSPS) is 14.6. The van der Waals surface area contributed by atoms with Crippen LogP contribution in [-0.4, -0.2) is 35.0 Å². The van der Waals surface area contributed by atoms with E-state index in [9.17, 15) is 14.9 Å². The maximum atomic E-state index is 13.5. The Kier molecular flexibility index (Phi) is 7.16. The summed E-state index contributed by atoms with van der Waals surface area (Å²) in [5.74, 6) is 1.21. The van der Waals surface area contributed by atoms with Crippen molar-refractivity contribution in [3.05, 3.63) is 69.6 Å². The fourth-order valence-electron chi connectivity index (χ4n) is 4.18. The Bertz CT molecular complexity index is 1360. The second-order valence-corrected chi connectivity index (χ2v) is 8.79. The molecule has 1 fully saturated rings. The number of hydrogen-bond acceptors (Lipinski definition) is 6. The number of carbonyl (C=O) groups is 1. The summed E-state index contributed by atoms with van der Waals surface area (Å²) in [6.45, 7) is 8.08. The summed E-state index contributed by atoms with van der Waals surface area (Å²) in [5.41, 5.74) is 1.72. The molecular formula is C27H29N5O3. The highest BCUT2D eigenvalue weighted by molar-refractivity contribution is 6.10. The molecule has 1 saturated heterocycles. The van der Waals surface area contributed by atoms with E-state index in [-0.39, 0.29) is 16.7 Å². The van der Waals surface area contributed by atoms with Crippen LogP contribution in [0.15, 0.2) is 53.0 Å². The van der Waals surface area contributed by atoms with Gasteiger partial charge in [-0.1, -0.05) is 13.0 Å². The van der Waals surface area contributed by atoms with Crippen molar-refractivity contribution < 1.29 is 9.53 Å². The van der Waals surface area contributed by atoms with Crippen LogP contribution in [0.4, 0.5) is 11.5 Å². The van der Waals surface area contributed by atoms with E-state index in [2.05, 4.69) is 17.1 Å². The van der Waals surface area contributed by atoms with Crippen LogP contribution < -0.4 is 20.5 Å². The van der Waals surface area contributed by atoms with Crippen LogP contribution in [0.25, 0.3) is 11.7 Å². The number of nitriles is 1. The molecule has 0 atom stereocenters. The molecule has 3 aromatic rings. The first-order valence-corrected chi connectivity index (χ1v) is 11.8. The number of fused-ring (bicyclic) bond motifs is 1. The number of piperidine rings is 1. The number of nitrogens with one attached hydrogen (secondary N) is 1. The first kappa shape index (κ1) is 24.0. The first-order chi connectivity index (χ1) is 16.9. The maximum absolute atomic E-state index is 13.5. The minimum Gasteiger partial charge on any atom is -0.494 e. The lowest BCUT2D eigenvalue weighted by molar-refractivity contribution is -0.112. The number of nitrogens with zero attached hydrogens (tertiary/aromatic N) is 4. The molecule has 0 aliphatic carbocycles. The number of carbonyl (C=O) groups excluding carboxylic acids is 1. The van der Waals surface area contributed by atoms with Crippen LogP contribution in [0.5, 0.6) is 5.75 Å². The predicted octanol–water partition coefficient (Wildman–Crippen LogP) is 4.18. The second-order valence-electron chi connectivity index (χ2n) is 8.79. The van der Waals surface area contributed by atoms with Gasteiger partial charge in [-0.05, 0) is 74.6 Å². The van der Waals surface area contributed by atoms with E-state index < -0.39 is 5.91 Å². The summed E-state index contributed by atoms with van der Waals surface area (Å²) in [7, 11) is 0. The first-order valence-electron chi connectivity index (χ1n) is 11.8. The number of anilines is 2. The predicted molar refractivity (Wildman–Crippen MR) is 137 cm³/mol. The van der Waals surface area contributed by atoms with Crippen LogP contribution in [0.2, 0.25) is 0 Å². The molecule has 2 aromatic heterocycles. The van der Waals surface area contributed by atoms with Crippen LogP contribution in [0.3, 0.4) is 0 Å². The van der Waals surface area contributed by atoms with E-state index >= 15 is 0 Å². The number of benzene rings is 1. The monoisotopic (exact) mass is 471 g/mol. The molecule has 180 valence electrons. The lowest BCUT2D eigenvalue weighted by atomic mass is 9.99. The largest absolute Gasteiger partial charge is 0.494 e. The molecule has 1 N–H and O–H groups in total. The highest BCUT2D eigenvalue weighted by Gasteiger charge is 2.23. The minimum absolute atomic E-state index is 0.169. The fraction of sp³-hybridized carbons (Fsp3) is 0.333. The molecule has 1 amide bonds. The number of pyridine rings is 1. The Morgan fingerprint density at radius 3 is 2.63 bits per heavy atom. The molecule has 0 unspecified atom stereocenters. The molecule has 0 bridgehead atoms. The Morgan fingerprint density at radius 2 is 1.97 bits per heavy atom. The SMILES string of the molecule is CCOc1ccc(NC(=O)/C(C#N)=C/c2c(N3CCC(C)CC3)nc3c(C)cccn3c2=O)cc1. The molecule has 1 aliphatic heterocycles. The third kappa shape index (κ3) is 5.19. The zero-order chi connectivity index (χ0) is 24.9. The van der Waals surface area contributed by atoms with Gasteiger partial charge in [-0.25, -0.2) is 4.98 Å². The smallest absolute Gasteiger partial charge is 0.267 e. The fourth-order valence-corrected chi connectivity index (χ4v) is 4.18. The molecular weight excluding hydrogens is 442 g/mol. The molecule has 0 saturated carbocycles. The van der Waals surface area contributed by atoms with Crippen molar-refractivity contribution in [3.8, 4) is 11.8 Å². The van der Waals surface area contributed by atoms with Gasteiger partial charge in [0.2, 0.25) is 0 Å². The molecule has 8 nitrogen and oxygen atoms in total. The van der Waals surface area contributed by atoms with E-state index in [1.165, 1.54) is 10.5 Å². The average molecular weight is 472 g/mol. The number of aryl methyl sites for hydroxylation is 1. The van der Waals surface area contributed by atoms with Crippen molar-refractivity contribution in [1.82, 2.24) is 9.38 Å². The minimum atomic E-state index is -0.594. The van der Waals surface area contributed by atoms with Crippen molar-refractivity contribution in [2.45, 2.75) is 33.6 Å². The summed E-state index contributed by atoms with van der Waals surface area (Å²) in [6.07, 6.45) is 4.99. The van der Waals surface area contributed by atoms with E-state index in [1.54, 1.807) is 36.5 Å². The molecule has 35 heavy (non-hydrogen) atoms. The highest BCUT2D eigenvalue weighted by Crippen LogP contribution is 2.26. The van der Waals surface area contributed by atoms with Crippen LogP contribution in [0, 0.1) is 24.2 Å². The lowest BCUT2D eigenvalue weighted by Gasteiger charge is -2.32. The van der Waals surface area contributed by atoms with Gasteiger partial charge < -0.3 is 15.0 Å². The zero-order valence-electron chi connectivity index (χ0n) is 20.2. The van der Waals surface area contributed by atoms with Crippen LogP contribution in [0.1, 0.15) is 37.8 Å². The standard InChI is InChI=1S/C27H29N5O3/c1-4-35-22-9-7-21(8-10-22)29-26(33)20(17-28)16-23-25(31-14-11-18(2)12-15-31)30-24-19(3)6-5-13-32(24)27(23)34/h5-10,13,16,18H,4,11-12,14-15H2,1-3H3,(H,29,33)/b20-16+. The van der Waals surface area contributed by atoms with Crippen LogP contribution in [-0.2, 0) is 4.79 Å². The van der Waals surface area contributed by atoms with Crippen molar-refractivity contribution in [1.29, 1.82) is 5.26 Å². The van der Waals surface area contributed by atoms with Gasteiger partial charge in [0.15, 0.2) is 0 Å². The van der Waals surface area contributed by atoms with E-state index in [0.29, 0.717) is 35.4 Å². The molecule has 4 rings (SSSR count). The number of ether oxygens (including phenoxy) is 1. The molecule has 1 aromatic carbocycles. The summed E-state index contributed by atoms with van der Waals surface area (Å²) in [4.78, 5) is 33.4. The average Bonchev–Trinajstić information content (AvgIpc) is 2.86. The van der Waals surface area contributed by atoms with Crippen molar-refractivity contribution >= 4 is 29.1 Å². The number of amides is 1. The third-order valence-electron chi connectivity index (χ3n) is 6.22.